The number of nitrogens with zero attached hydrogens (tertiary/aromatic N) is 1. The Morgan fingerprint density at radius 1 is 0.400 bits per heavy atom. The lowest BCUT2D eigenvalue weighted by Crippen LogP contribution is -2.37. The maximum atomic E-state index is 2.44. The minimum Gasteiger partial charge on any atom is -0.310 e. The smallest absolute Gasteiger partial charge is 0.0775 e. The van der Waals surface area contributed by atoms with E-state index in [1.807, 2.05) is 0 Å². The summed E-state index contributed by atoms with van der Waals surface area (Å²) in [4.78, 5) is 2.44. The van der Waals surface area contributed by atoms with Crippen LogP contribution >= 0.6 is 0 Å². The number of hydrogen-bond donors (Lipinski definition) is 0. The molecule has 50 heavy (non-hydrogen) atoms. The van der Waals surface area contributed by atoms with Crippen molar-refractivity contribution in [2.75, 3.05) is 4.90 Å². The van der Waals surface area contributed by atoms with Crippen LogP contribution in [0.5, 0.6) is 0 Å². The van der Waals surface area contributed by atoms with Crippen LogP contribution in [0.2, 0.25) is 39.3 Å². The van der Waals surface area contributed by atoms with Crippen LogP contribution in [0.3, 0.4) is 0 Å². The summed E-state index contributed by atoms with van der Waals surface area (Å²) >= 11 is 0. The minimum atomic E-state index is -1.43. The van der Waals surface area contributed by atoms with Gasteiger partial charge < -0.3 is 4.90 Å². The summed E-state index contributed by atoms with van der Waals surface area (Å²) in [5, 5.41) is 10.8. The molecule has 8 aromatic carbocycles. The highest BCUT2D eigenvalue weighted by atomic mass is 28.3. The highest BCUT2D eigenvalue weighted by Gasteiger charge is 2.24. The van der Waals surface area contributed by atoms with Crippen molar-refractivity contribution in [1.82, 2.24) is 0 Å². The molecule has 246 valence electrons. The first-order valence-electron chi connectivity index (χ1n) is 17.9. The zero-order chi connectivity index (χ0) is 34.6. The van der Waals surface area contributed by atoms with Gasteiger partial charge in [-0.3, -0.25) is 0 Å². The predicted molar refractivity (Wildman–Crippen MR) is 225 cm³/mol. The molecule has 0 saturated carbocycles. The molecule has 1 unspecified atom stereocenters. The fraction of sp³-hybridized carbons (Fsp3) is 0.149. The van der Waals surface area contributed by atoms with Gasteiger partial charge in [0.2, 0.25) is 0 Å². The normalized spacial score (nSPS) is 12.9. The maximum absolute atomic E-state index is 2.44. The van der Waals surface area contributed by atoms with E-state index in [0.29, 0.717) is 0 Å². The van der Waals surface area contributed by atoms with Crippen LogP contribution in [0.25, 0.3) is 32.3 Å². The number of para-hydroxylation sites is 1. The molecule has 0 aliphatic heterocycles. The van der Waals surface area contributed by atoms with E-state index in [1.165, 1.54) is 70.8 Å². The third-order valence-electron chi connectivity index (χ3n) is 10.5. The summed E-state index contributed by atoms with van der Waals surface area (Å²) in [6.07, 6.45) is 0. The maximum Gasteiger partial charge on any atom is 0.0775 e. The summed E-state index contributed by atoms with van der Waals surface area (Å²) in [5.74, 6) is 0.127. The van der Waals surface area contributed by atoms with Gasteiger partial charge >= 0.3 is 0 Å². The van der Waals surface area contributed by atoms with Gasteiger partial charge in [0.15, 0.2) is 0 Å². The summed E-state index contributed by atoms with van der Waals surface area (Å²) < 4.78 is 0. The van der Waals surface area contributed by atoms with E-state index in [1.54, 1.807) is 0 Å². The molecule has 8 aromatic rings. The van der Waals surface area contributed by atoms with Crippen LogP contribution in [0, 0.1) is 0 Å². The highest BCUT2D eigenvalue weighted by molar-refractivity contribution is 6.89. The third-order valence-corrected chi connectivity index (χ3v) is 14.6. The van der Waals surface area contributed by atoms with E-state index in [2.05, 4.69) is 202 Å². The molecule has 0 N–H and O–H groups in total. The molecule has 0 fully saturated rings. The minimum absolute atomic E-state index is 0.127. The lowest BCUT2D eigenvalue weighted by atomic mass is 9.81. The van der Waals surface area contributed by atoms with Crippen LogP contribution in [0.1, 0.15) is 22.6 Å². The molecule has 3 heteroatoms. The number of benzene rings is 8. The molecule has 1 nitrogen and oxygen atoms in total. The topological polar surface area (TPSA) is 3.24 Å². The first kappa shape index (κ1) is 32.3. The summed E-state index contributed by atoms with van der Waals surface area (Å²) in [6, 6.07) is 59.5. The van der Waals surface area contributed by atoms with E-state index in [0.717, 1.165) is 5.69 Å². The third kappa shape index (κ3) is 5.75. The predicted octanol–water partition coefficient (Wildman–Crippen LogP) is 12.3. The number of hydrogen-bond acceptors (Lipinski definition) is 1. The van der Waals surface area contributed by atoms with Crippen molar-refractivity contribution in [3.63, 3.8) is 0 Å². The second kappa shape index (κ2) is 12.4. The molecule has 0 spiro atoms. The van der Waals surface area contributed by atoms with Gasteiger partial charge in [-0.25, -0.2) is 0 Å². The van der Waals surface area contributed by atoms with E-state index >= 15 is 0 Å². The molecule has 0 heterocycles. The summed E-state index contributed by atoms with van der Waals surface area (Å²) in [5.41, 5.74) is 7.55. The molecule has 0 bridgehead atoms. The molecular formula is C47H45NSi2. The Hall–Kier alpha value is -4.97. The first-order valence-corrected chi connectivity index (χ1v) is 24.9. The molecule has 1 atom stereocenters. The van der Waals surface area contributed by atoms with Crippen LogP contribution in [-0.4, -0.2) is 16.1 Å². The van der Waals surface area contributed by atoms with Crippen molar-refractivity contribution in [1.29, 1.82) is 0 Å². The van der Waals surface area contributed by atoms with Crippen molar-refractivity contribution < 1.29 is 0 Å². The molecule has 0 amide bonds. The fourth-order valence-electron chi connectivity index (χ4n) is 7.74. The van der Waals surface area contributed by atoms with Crippen molar-refractivity contribution in [3.05, 3.63) is 174 Å². The molecule has 0 radical (unpaired) electrons. The Bertz CT molecular complexity index is 2240. The summed E-state index contributed by atoms with van der Waals surface area (Å²) in [6.45, 7) is 14.5. The van der Waals surface area contributed by atoms with Crippen molar-refractivity contribution >= 4 is 75.9 Å². The van der Waals surface area contributed by atoms with Gasteiger partial charge in [0.25, 0.3) is 0 Å². The van der Waals surface area contributed by atoms with E-state index in [9.17, 15) is 0 Å². The van der Waals surface area contributed by atoms with Crippen molar-refractivity contribution in [2.24, 2.45) is 0 Å². The van der Waals surface area contributed by atoms with Crippen LogP contribution in [-0.2, 0) is 0 Å². The average Bonchev–Trinajstić information content (AvgIpc) is 3.12. The Morgan fingerprint density at radius 3 is 1.46 bits per heavy atom. The molecule has 8 rings (SSSR count). The van der Waals surface area contributed by atoms with Crippen LogP contribution in [0.4, 0.5) is 17.1 Å². The van der Waals surface area contributed by atoms with Crippen molar-refractivity contribution in [2.45, 2.75) is 45.2 Å². The fourth-order valence-corrected chi connectivity index (χ4v) is 10.1. The van der Waals surface area contributed by atoms with Gasteiger partial charge in [0.1, 0.15) is 0 Å². The Labute approximate surface area is 299 Å². The second-order valence-corrected chi connectivity index (χ2v) is 26.0. The lowest BCUT2D eigenvalue weighted by Gasteiger charge is -2.29. The number of anilines is 3. The largest absolute Gasteiger partial charge is 0.310 e. The van der Waals surface area contributed by atoms with Gasteiger partial charge in [-0.05, 0) is 74.0 Å². The van der Waals surface area contributed by atoms with Gasteiger partial charge in [-0.15, -0.1) is 0 Å². The first-order chi connectivity index (χ1) is 24.1. The van der Waals surface area contributed by atoms with Crippen molar-refractivity contribution in [3.8, 4) is 0 Å². The zero-order valence-electron chi connectivity index (χ0n) is 30.0. The van der Waals surface area contributed by atoms with Gasteiger partial charge in [0.05, 0.1) is 21.8 Å². The second-order valence-electron chi connectivity index (χ2n) is 15.8. The Kier molecular flexibility index (Phi) is 8.01. The molecular weight excluding hydrogens is 635 g/mol. The standard InChI is InChI=1S/C47H45NSi2/c1-49(2,3)39-25-17-34(18-26-39)45(33-13-9-7-10-14-33)41-29-19-35-21-31-43-44(32-22-36-20-30-42(41)46(35)47(36)43)48(37-15-11-8-12-16-37)38-23-27-40(28-24-38)50(4,5)6/h7-32,45H,1-6H3. The van der Waals surface area contributed by atoms with Gasteiger partial charge in [-0.1, -0.05) is 177 Å². The SMILES string of the molecule is C[Si](C)(C)c1ccc(C(c2ccccc2)c2ccc3ccc4c(N(c5ccccc5)c5ccc([Si](C)(C)C)cc5)ccc5ccc2c3c54)cc1. The van der Waals surface area contributed by atoms with Crippen LogP contribution in [0.15, 0.2) is 158 Å². The number of rotatable bonds is 8. The van der Waals surface area contributed by atoms with Gasteiger partial charge in [-0.2, -0.15) is 0 Å². The molecule has 0 aliphatic carbocycles. The quantitative estimate of drug-likeness (QED) is 0.0878. The van der Waals surface area contributed by atoms with E-state index in [4.69, 9.17) is 0 Å². The monoisotopic (exact) mass is 679 g/mol. The lowest BCUT2D eigenvalue weighted by molar-refractivity contribution is 0.990. The molecule has 0 aliphatic rings. The van der Waals surface area contributed by atoms with Crippen LogP contribution < -0.4 is 15.3 Å². The molecule has 0 aromatic heterocycles. The average molecular weight is 680 g/mol. The molecule has 0 saturated heterocycles. The Morgan fingerprint density at radius 2 is 0.860 bits per heavy atom. The summed E-state index contributed by atoms with van der Waals surface area (Å²) in [7, 11) is -2.85. The van der Waals surface area contributed by atoms with E-state index in [-0.39, 0.29) is 5.92 Å². The van der Waals surface area contributed by atoms with E-state index < -0.39 is 16.1 Å². The van der Waals surface area contributed by atoms with Gasteiger partial charge in [0, 0.05) is 22.7 Å². The highest BCUT2D eigenvalue weighted by Crippen LogP contribution is 2.46. The Balaban J connectivity index is 1.36. The zero-order valence-corrected chi connectivity index (χ0v) is 32.0.